The Morgan fingerprint density at radius 2 is 1.30 bits per heavy atom. The number of hydrogen-bond acceptors (Lipinski definition) is 0. The van der Waals surface area contributed by atoms with Crippen LogP contribution in [0.3, 0.4) is 0 Å². The Labute approximate surface area is 286 Å². The molecule has 0 aliphatic heterocycles. The molecule has 0 nitrogen and oxygen atoms in total. The van der Waals surface area contributed by atoms with Crippen molar-refractivity contribution in [2.45, 2.75) is 118 Å². The molecule has 0 saturated carbocycles. The van der Waals surface area contributed by atoms with E-state index >= 15 is 0 Å². The number of hydrogen-bond donors (Lipinski definition) is 0. The minimum atomic E-state index is -1.07. The van der Waals surface area contributed by atoms with Crippen molar-refractivity contribution in [1.29, 1.82) is 0 Å². The summed E-state index contributed by atoms with van der Waals surface area (Å²) < 4.78 is 2.21. The number of fused-ring (bicyclic) bond motifs is 3. The van der Waals surface area contributed by atoms with Crippen LogP contribution in [-0.2, 0) is 46.9 Å². The Hall–Kier alpha value is -1.89. The predicted molar refractivity (Wildman–Crippen MR) is 194 cm³/mol. The fraction of sp³-hybridized carbons (Fsp3) is 0.452. The molecule has 2 aliphatic rings. The Kier molecular flexibility index (Phi) is 11.5. The van der Waals surface area contributed by atoms with E-state index in [4.69, 9.17) is 0 Å². The molecule has 44 heavy (non-hydrogen) atoms. The van der Waals surface area contributed by atoms with Gasteiger partial charge in [-0.1, -0.05) is 105 Å². The van der Waals surface area contributed by atoms with Gasteiger partial charge in [0.15, 0.2) is 0 Å². The van der Waals surface area contributed by atoms with Gasteiger partial charge in [-0.05, 0) is 36.5 Å². The molecule has 0 spiro atoms. The fourth-order valence-corrected chi connectivity index (χ4v) is 8.18. The normalized spacial score (nSPS) is 16.0. The third kappa shape index (κ3) is 9.56. The minimum Gasteiger partial charge on any atom is -0.267 e. The van der Waals surface area contributed by atoms with Crippen LogP contribution in [0.25, 0.3) is 11.1 Å². The maximum absolute atomic E-state index is 3.67. The van der Waals surface area contributed by atoms with E-state index in [-0.39, 0.29) is 16.2 Å². The summed E-state index contributed by atoms with van der Waals surface area (Å²) in [5.74, 6) is 0.553. The molecule has 3 aromatic carbocycles. The van der Waals surface area contributed by atoms with Gasteiger partial charge in [0, 0.05) is 0 Å². The Bertz CT molecular complexity index is 1460. The van der Waals surface area contributed by atoms with Crippen LogP contribution in [-0.4, -0.2) is 11.8 Å². The second-order valence-electron chi connectivity index (χ2n) is 16.7. The van der Waals surface area contributed by atoms with Crippen LogP contribution in [0.1, 0.15) is 110 Å². The first-order valence-corrected chi connectivity index (χ1v) is 21.2. The zero-order valence-electron chi connectivity index (χ0n) is 30.1. The summed E-state index contributed by atoms with van der Waals surface area (Å²) in [5.41, 5.74) is 13.1. The van der Waals surface area contributed by atoms with Crippen LogP contribution in [0.4, 0.5) is 0 Å². The van der Waals surface area contributed by atoms with Gasteiger partial charge in [-0.2, -0.15) is 29.8 Å². The van der Waals surface area contributed by atoms with Crippen molar-refractivity contribution < 1.29 is 24.2 Å². The van der Waals surface area contributed by atoms with E-state index in [0.29, 0.717) is 5.92 Å². The number of rotatable bonds is 2. The summed E-state index contributed by atoms with van der Waals surface area (Å²) in [6, 6.07) is 24.0. The summed E-state index contributed by atoms with van der Waals surface area (Å²) >= 11 is 1.46. The van der Waals surface area contributed by atoms with Gasteiger partial charge in [-0.25, -0.2) is 10.8 Å². The maximum atomic E-state index is 3.67. The van der Waals surface area contributed by atoms with Gasteiger partial charge < -0.3 is 0 Å². The minimum absolute atomic E-state index is 0.167. The van der Waals surface area contributed by atoms with E-state index in [2.05, 4.69) is 172 Å². The Morgan fingerprint density at radius 3 is 1.73 bits per heavy atom. The average molecular weight is 680 g/mol. The molecule has 0 saturated heterocycles. The largest absolute Gasteiger partial charge is 0.267 e. The SMILES string of the molecule is CC(C)(C)c1[c-]c2c(cc1)-c1ccc(C(C)(C)C)cc1C2.CC(C)(C)c1ccc([CH]=[Zr+2])cc1.CC1=[C-]C(C)C=C1[Si](C)(C)C. The molecule has 0 N–H and O–H groups in total. The van der Waals surface area contributed by atoms with Crippen molar-refractivity contribution in [2.24, 2.45) is 5.92 Å². The maximum Gasteiger partial charge on any atom is -0.0112 e. The second kappa shape index (κ2) is 13.8. The van der Waals surface area contributed by atoms with E-state index in [0.717, 1.165) is 6.42 Å². The molecular formula is C42H56SiZr. The molecule has 0 bridgehead atoms. The van der Waals surface area contributed by atoms with Crippen molar-refractivity contribution in [3.63, 3.8) is 0 Å². The van der Waals surface area contributed by atoms with Crippen LogP contribution < -0.4 is 0 Å². The summed E-state index contributed by atoms with van der Waals surface area (Å²) in [7, 11) is -1.07. The summed E-state index contributed by atoms with van der Waals surface area (Å²) in [5, 5.41) is 1.60. The summed E-state index contributed by atoms with van der Waals surface area (Å²) in [6.07, 6.45) is 6.83. The van der Waals surface area contributed by atoms with Crippen LogP contribution in [0.5, 0.6) is 0 Å². The van der Waals surface area contributed by atoms with Crippen molar-refractivity contribution in [2.75, 3.05) is 0 Å². The average Bonchev–Trinajstić information content (AvgIpc) is 3.45. The predicted octanol–water partition coefficient (Wildman–Crippen LogP) is 11.5. The topological polar surface area (TPSA) is 0 Å². The van der Waals surface area contributed by atoms with Crippen LogP contribution >= 0.6 is 0 Å². The van der Waals surface area contributed by atoms with Gasteiger partial charge >= 0.3 is 89.5 Å². The zero-order chi connectivity index (χ0) is 33.3. The van der Waals surface area contributed by atoms with E-state index in [9.17, 15) is 0 Å². The Morgan fingerprint density at radius 1 is 0.750 bits per heavy atom. The molecule has 0 amide bonds. The molecule has 0 fully saturated rings. The van der Waals surface area contributed by atoms with Crippen molar-refractivity contribution >= 4 is 11.8 Å². The number of benzene rings is 3. The summed E-state index contributed by atoms with van der Waals surface area (Å²) in [4.78, 5) is 0. The molecular weight excluding hydrogens is 624 g/mol. The van der Waals surface area contributed by atoms with Gasteiger partial charge in [0.1, 0.15) is 0 Å². The second-order valence-corrected chi connectivity index (χ2v) is 22.5. The van der Waals surface area contributed by atoms with E-state index in [1.54, 1.807) is 5.20 Å². The molecule has 1 atom stereocenters. The van der Waals surface area contributed by atoms with Gasteiger partial charge in [-0.15, -0.1) is 11.1 Å². The van der Waals surface area contributed by atoms with E-state index < -0.39 is 8.07 Å². The van der Waals surface area contributed by atoms with Crippen molar-refractivity contribution in [1.82, 2.24) is 0 Å². The van der Waals surface area contributed by atoms with Gasteiger partial charge in [0.05, 0.1) is 0 Å². The third-order valence-electron chi connectivity index (χ3n) is 8.48. The smallest absolute Gasteiger partial charge is 0.0112 e. The van der Waals surface area contributed by atoms with Gasteiger partial charge in [0.2, 0.25) is 0 Å². The van der Waals surface area contributed by atoms with Gasteiger partial charge in [0.25, 0.3) is 0 Å². The molecule has 2 aliphatic carbocycles. The molecule has 232 valence electrons. The molecule has 2 heteroatoms. The molecule has 1 unspecified atom stereocenters. The van der Waals surface area contributed by atoms with Crippen molar-refractivity contribution in [3.05, 3.63) is 117 Å². The number of allylic oxidation sites excluding steroid dienone is 4. The van der Waals surface area contributed by atoms with Crippen molar-refractivity contribution in [3.8, 4) is 11.1 Å². The van der Waals surface area contributed by atoms with Gasteiger partial charge in [-0.3, -0.25) is 6.08 Å². The third-order valence-corrected chi connectivity index (χ3v) is 11.5. The molecule has 0 aromatic heterocycles. The first-order chi connectivity index (χ1) is 20.1. The first-order valence-electron chi connectivity index (χ1n) is 16.2. The standard InChI is InChI=1S/C21H25.C11H14.C10H17Si.Zr/c1-20(2,3)16-7-9-18-14(12-16)11-15-13-17(21(4,5)6)8-10-19(15)18;1-9-5-7-10(8-6-9)11(2,3)4;1-8-6-9(2)10(7-8)11(3,4)5;/h7-10,12H,11H2,1-6H3;1,5-8H,2-4H3;7-8H,1-5H3;/q-1;;-1;+2. The molecule has 3 aromatic rings. The van der Waals surface area contributed by atoms with Crippen LogP contribution in [0.15, 0.2) is 71.4 Å². The molecule has 5 rings (SSSR count). The monoisotopic (exact) mass is 678 g/mol. The van der Waals surface area contributed by atoms with E-state index in [1.165, 1.54) is 74.3 Å². The Balaban J connectivity index is 0.000000196. The molecule has 0 heterocycles. The quantitative estimate of drug-likeness (QED) is 0.146. The van der Waals surface area contributed by atoms with Crippen LogP contribution in [0, 0.1) is 18.1 Å². The van der Waals surface area contributed by atoms with Crippen LogP contribution in [0.2, 0.25) is 19.6 Å². The van der Waals surface area contributed by atoms with E-state index in [1.807, 2.05) is 0 Å². The first kappa shape index (κ1) is 36.6. The summed E-state index contributed by atoms with van der Waals surface area (Å²) in [6.45, 7) is 31.9. The molecule has 0 radical (unpaired) electrons. The fourth-order valence-electron chi connectivity index (χ4n) is 5.76. The zero-order valence-corrected chi connectivity index (χ0v) is 33.6.